The average molecular weight is 416 g/mol. The van der Waals surface area contributed by atoms with Gasteiger partial charge in [-0.15, -0.1) is 0 Å². The Hall–Kier alpha value is -1.67. The van der Waals surface area contributed by atoms with Crippen LogP contribution in [0.1, 0.15) is 0 Å². The molecule has 0 spiro atoms. The summed E-state index contributed by atoms with van der Waals surface area (Å²) in [6.07, 6.45) is 0. The standard InChI is InChI=1S/C12H13ClN2O5.O.Tc/c13-8-1-3-9(4-2-8)14-10(16)5-15(6-11(17)18)7-12(19)20;;/h1-4H,5-7H2,(H,14,16)(H,17,18)(H,19,20);;/i;;1+1. The Morgan fingerprint density at radius 1 is 1.00 bits per heavy atom. The van der Waals surface area contributed by atoms with E-state index in [1.54, 1.807) is 24.3 Å². The topological polar surface area (TPSA) is 124 Å². The van der Waals surface area contributed by atoms with Crippen molar-refractivity contribution in [2.45, 2.75) is 0 Å². The Labute approximate surface area is 141 Å². The van der Waals surface area contributed by atoms with Crippen LogP contribution in [-0.2, 0) is 36.7 Å². The summed E-state index contributed by atoms with van der Waals surface area (Å²) in [5.74, 6) is -2.91. The Bertz CT molecular complexity index is 509. The fraction of sp³-hybridized carbons (Fsp3) is 0.250. The van der Waals surface area contributed by atoms with E-state index >= 15 is 0 Å². The number of anilines is 1. The number of benzene rings is 1. The Morgan fingerprint density at radius 2 is 1.45 bits per heavy atom. The summed E-state index contributed by atoms with van der Waals surface area (Å²) in [6, 6.07) is 6.34. The maximum absolute atomic E-state index is 11.7. The van der Waals surface area contributed by atoms with E-state index in [-0.39, 0.29) is 6.54 Å². The van der Waals surface area contributed by atoms with E-state index in [9.17, 15) is 14.4 Å². The molecule has 0 aromatic heterocycles. The van der Waals surface area contributed by atoms with Gasteiger partial charge in [-0.2, -0.15) is 0 Å². The SMILES string of the molecule is O=C(O)CN(CC(=O)O)CC(=O)Nc1ccc(Cl)cc1.[O]=[99Tc]. The molecular formula is C12H13ClN2O6Tc. The fourth-order valence-electron chi connectivity index (χ4n) is 1.49. The zero-order valence-electron chi connectivity index (χ0n) is 11.2. The van der Waals surface area contributed by atoms with Crippen LogP contribution in [-0.4, -0.2) is 52.6 Å². The van der Waals surface area contributed by atoms with Crippen LogP contribution in [0.15, 0.2) is 24.3 Å². The molecule has 0 aliphatic heterocycles. The van der Waals surface area contributed by atoms with E-state index < -0.39 is 30.9 Å². The van der Waals surface area contributed by atoms with Gasteiger partial charge in [0.2, 0.25) is 5.91 Å². The van der Waals surface area contributed by atoms with Crippen LogP contribution in [0.4, 0.5) is 5.69 Å². The number of aliphatic carboxylic acids is 2. The fourth-order valence-corrected chi connectivity index (χ4v) is 1.61. The van der Waals surface area contributed by atoms with Crippen molar-refractivity contribution in [3.05, 3.63) is 29.3 Å². The van der Waals surface area contributed by atoms with E-state index in [1.165, 1.54) is 0 Å². The van der Waals surface area contributed by atoms with Crippen LogP contribution in [0, 0.1) is 0 Å². The van der Waals surface area contributed by atoms with Gasteiger partial charge < -0.3 is 15.5 Å². The first kappa shape index (κ1) is 20.3. The average Bonchev–Trinajstić information content (AvgIpc) is 2.42. The monoisotopic (exact) mass is 415 g/mol. The van der Waals surface area contributed by atoms with Crippen molar-refractivity contribution < 1.29 is 47.0 Å². The van der Waals surface area contributed by atoms with Gasteiger partial charge in [0, 0.05) is 10.7 Å². The number of nitrogens with one attached hydrogen (secondary N) is 1. The Balaban J connectivity index is 0.00000211. The number of carbonyl (C=O) groups excluding carboxylic acids is 1. The van der Waals surface area contributed by atoms with Gasteiger partial charge in [-0.1, -0.05) is 11.6 Å². The third kappa shape index (κ3) is 9.30. The maximum atomic E-state index is 11.7. The van der Waals surface area contributed by atoms with Crippen LogP contribution in [0.5, 0.6) is 0 Å². The molecule has 0 saturated carbocycles. The number of carboxylic acid groups (broad SMARTS) is 2. The quantitative estimate of drug-likeness (QED) is 0.596. The first-order valence-corrected chi connectivity index (χ1v) is 6.87. The molecule has 1 rings (SSSR count). The molecule has 0 aliphatic rings. The Kier molecular flexibility index (Phi) is 10.1. The number of hydrogen-bond donors (Lipinski definition) is 3. The van der Waals surface area contributed by atoms with Gasteiger partial charge in [-0.3, -0.25) is 19.3 Å². The molecule has 1 aromatic carbocycles. The molecule has 121 valence electrons. The van der Waals surface area contributed by atoms with E-state index in [2.05, 4.69) is 5.32 Å². The first-order valence-electron chi connectivity index (χ1n) is 5.73. The first-order chi connectivity index (χ1) is 10.4. The van der Waals surface area contributed by atoms with Crippen molar-refractivity contribution in [1.82, 2.24) is 4.90 Å². The van der Waals surface area contributed by atoms with Crippen molar-refractivity contribution in [3.63, 3.8) is 0 Å². The van der Waals surface area contributed by atoms with Gasteiger partial charge in [0.05, 0.1) is 19.6 Å². The molecule has 0 unspecified atom stereocenters. The molecule has 1 aromatic rings. The zero-order valence-corrected chi connectivity index (χ0v) is 13.8. The molecule has 8 nitrogen and oxygen atoms in total. The summed E-state index contributed by atoms with van der Waals surface area (Å²) in [5, 5.41) is 20.3. The number of nitrogens with zero attached hydrogens (tertiary/aromatic N) is 1. The molecule has 0 heterocycles. The van der Waals surface area contributed by atoms with Gasteiger partial charge in [0.15, 0.2) is 0 Å². The molecule has 0 atom stereocenters. The molecule has 0 aliphatic carbocycles. The zero-order chi connectivity index (χ0) is 17.1. The van der Waals surface area contributed by atoms with Crippen LogP contribution in [0.25, 0.3) is 0 Å². The summed E-state index contributed by atoms with van der Waals surface area (Å²) < 4.78 is 8.22. The van der Waals surface area contributed by atoms with Crippen LogP contribution in [0.3, 0.4) is 0 Å². The molecule has 3 N–H and O–H groups in total. The molecule has 1 amide bonds. The van der Waals surface area contributed by atoms with Crippen LogP contribution >= 0.6 is 11.6 Å². The molecule has 10 heteroatoms. The van der Waals surface area contributed by atoms with Crippen molar-refractivity contribution >= 4 is 35.1 Å². The van der Waals surface area contributed by atoms with Crippen LogP contribution in [0.2, 0.25) is 5.02 Å². The number of rotatable bonds is 7. The third-order valence-corrected chi connectivity index (χ3v) is 2.46. The summed E-state index contributed by atoms with van der Waals surface area (Å²) in [5.41, 5.74) is 0.491. The second kappa shape index (κ2) is 11.0. The molecule has 22 heavy (non-hydrogen) atoms. The number of hydrogen-bond acceptors (Lipinski definition) is 5. The van der Waals surface area contributed by atoms with E-state index in [4.69, 9.17) is 25.3 Å². The number of carbonyl (C=O) groups is 3. The summed E-state index contributed by atoms with van der Waals surface area (Å²) >= 11 is 6.60. The predicted octanol–water partition coefficient (Wildman–Crippen LogP) is 0.628. The van der Waals surface area contributed by atoms with Crippen molar-refractivity contribution in [1.29, 1.82) is 0 Å². The molecule has 0 saturated heterocycles. The van der Waals surface area contributed by atoms with Crippen LogP contribution < -0.4 is 5.32 Å². The third-order valence-electron chi connectivity index (χ3n) is 2.21. The summed E-state index contributed by atoms with van der Waals surface area (Å²) in [7, 11) is 0. The normalized spacial score (nSPS) is 9.55. The molecule has 0 radical (unpaired) electrons. The second-order valence-corrected chi connectivity index (χ2v) is 4.42. The van der Waals surface area contributed by atoms with Crippen molar-refractivity contribution in [3.8, 4) is 0 Å². The van der Waals surface area contributed by atoms with Crippen molar-refractivity contribution in [2.75, 3.05) is 25.0 Å². The summed E-state index contributed by atoms with van der Waals surface area (Å²) in [6.45, 7) is -1.39. The van der Waals surface area contributed by atoms with Crippen molar-refractivity contribution in [2.24, 2.45) is 0 Å². The second-order valence-electron chi connectivity index (χ2n) is 3.99. The van der Waals surface area contributed by atoms with E-state index in [1.807, 2.05) is 0 Å². The van der Waals surface area contributed by atoms with E-state index in [0.717, 1.165) is 23.8 Å². The van der Waals surface area contributed by atoms with Gasteiger partial charge in [0.25, 0.3) is 0 Å². The minimum atomic E-state index is -1.20. The number of halogens is 1. The van der Waals surface area contributed by atoms with Gasteiger partial charge in [-0.05, 0) is 24.3 Å². The minimum absolute atomic E-state index is 0.332. The summed E-state index contributed by atoms with van der Waals surface area (Å²) in [4.78, 5) is 33.9. The number of carboxylic acids is 2. The molecule has 0 bridgehead atoms. The number of amides is 1. The van der Waals surface area contributed by atoms with Gasteiger partial charge in [-0.25, -0.2) is 0 Å². The van der Waals surface area contributed by atoms with E-state index in [0.29, 0.717) is 10.7 Å². The van der Waals surface area contributed by atoms with Gasteiger partial charge >= 0.3 is 34.3 Å². The molecular weight excluding hydrogens is 402 g/mol. The van der Waals surface area contributed by atoms with Gasteiger partial charge in [0.1, 0.15) is 0 Å². The molecule has 0 fully saturated rings. The Morgan fingerprint density at radius 3 is 1.86 bits per heavy atom. The predicted molar refractivity (Wildman–Crippen MR) is 72.5 cm³/mol.